The number of allylic oxidation sites excluding steroid dienone is 1. The highest BCUT2D eigenvalue weighted by atomic mass is 35.5. The number of carbonyl (C=O) groups excluding carboxylic acids is 6. The summed E-state index contributed by atoms with van der Waals surface area (Å²) in [7, 11) is 0. The highest BCUT2D eigenvalue weighted by Crippen LogP contribution is 2.49. The van der Waals surface area contributed by atoms with E-state index in [1.54, 1.807) is 13.8 Å². The number of hydrogen-bond acceptors (Lipinski definition) is 15. The summed E-state index contributed by atoms with van der Waals surface area (Å²) in [5, 5.41) is 26.4. The first-order valence-corrected chi connectivity index (χ1v) is 40.2. The Kier molecular flexibility index (Phi) is 33.4. The number of benzene rings is 1. The molecule has 10 aliphatic rings. The van der Waals surface area contributed by atoms with Crippen molar-refractivity contribution in [2.75, 3.05) is 24.7 Å². The molecule has 10 fully saturated rings. The van der Waals surface area contributed by atoms with E-state index in [0.29, 0.717) is 44.5 Å². The van der Waals surface area contributed by atoms with Crippen LogP contribution in [-0.4, -0.2) is 103 Å². The number of aldehydes is 1. The normalized spacial score (nSPS) is 27.0. The third-order valence-corrected chi connectivity index (χ3v) is 24.0. The number of anilines is 1. The maximum Gasteiger partial charge on any atom is 0.421 e. The molecule has 1 aromatic carbocycles. The number of aromatic carboxylic acids is 1. The van der Waals surface area contributed by atoms with Gasteiger partial charge in [0.1, 0.15) is 11.8 Å². The number of amides is 1. The van der Waals surface area contributed by atoms with E-state index >= 15 is 4.39 Å². The Morgan fingerprint density at radius 3 is 1.26 bits per heavy atom. The minimum Gasteiger partial charge on any atom is -0.481 e. The molecule has 2 heterocycles. The van der Waals surface area contributed by atoms with Crippen LogP contribution in [-0.2, 0) is 60.5 Å². The molecule has 0 bridgehead atoms. The molecule has 13 rings (SSSR count). The lowest BCUT2D eigenvalue weighted by Crippen LogP contribution is -2.43. The largest absolute Gasteiger partial charge is 0.481 e. The summed E-state index contributed by atoms with van der Waals surface area (Å²) in [6.45, 7) is 14.1. The summed E-state index contributed by atoms with van der Waals surface area (Å²) in [5.41, 5.74) is -1.82. The number of aliphatic carboxylic acids is 1. The van der Waals surface area contributed by atoms with Gasteiger partial charge in [-0.15, -0.1) is 6.58 Å². The number of carbonyl (C=O) groups is 8. The molecule has 3 aromatic rings. The monoisotopic (exact) mass is 1510 g/mol. The number of rotatable bonds is 22. The first-order chi connectivity index (χ1) is 50.8. The number of halogens is 5. The highest BCUT2D eigenvalue weighted by Gasteiger charge is 2.42. The van der Waals surface area contributed by atoms with Crippen molar-refractivity contribution in [2.24, 2.45) is 94.7 Å². The minimum atomic E-state index is -4.92. The molecule has 0 radical (unpaired) electrons. The summed E-state index contributed by atoms with van der Waals surface area (Å²) < 4.78 is 77.4. The zero-order valence-electron chi connectivity index (χ0n) is 63.0. The number of nitrogens with zero attached hydrogens (tertiary/aromatic N) is 5. The Balaban J connectivity index is 0.000000181. The van der Waals surface area contributed by atoms with Crippen LogP contribution in [0.4, 0.5) is 23.2 Å². The van der Waals surface area contributed by atoms with Crippen LogP contribution in [0, 0.1) is 101 Å². The van der Waals surface area contributed by atoms with E-state index < -0.39 is 52.7 Å². The van der Waals surface area contributed by atoms with E-state index in [2.05, 4.69) is 21.8 Å². The Morgan fingerprint density at radius 2 is 0.925 bits per heavy atom. The van der Waals surface area contributed by atoms with Crippen LogP contribution in [0.5, 0.6) is 11.6 Å². The van der Waals surface area contributed by atoms with Gasteiger partial charge in [-0.1, -0.05) is 6.08 Å². The predicted molar refractivity (Wildman–Crippen MR) is 393 cm³/mol. The van der Waals surface area contributed by atoms with Gasteiger partial charge in [-0.25, -0.2) is 14.2 Å². The molecule has 0 atom stereocenters. The van der Waals surface area contributed by atoms with E-state index in [1.807, 2.05) is 26.8 Å². The van der Waals surface area contributed by atoms with Crippen molar-refractivity contribution in [1.82, 2.24) is 20.0 Å². The smallest absolute Gasteiger partial charge is 0.421 e. The van der Waals surface area contributed by atoms with E-state index in [4.69, 9.17) is 35.7 Å². The number of hydrogen-bond donors (Lipinski definition) is 2. The first-order valence-electron chi connectivity index (χ1n) is 39.8. The Morgan fingerprint density at radius 1 is 0.557 bits per heavy atom. The minimum absolute atomic E-state index is 0.00925. The van der Waals surface area contributed by atoms with Gasteiger partial charge in [-0.2, -0.15) is 28.2 Å². The molecule has 2 N–H and O–H groups in total. The van der Waals surface area contributed by atoms with Gasteiger partial charge in [0.15, 0.2) is 11.6 Å². The average Bonchev–Trinajstić information content (AvgIpc) is 1.51. The number of esters is 3. The molecular weight excluding hydrogens is 1390 g/mol. The molecule has 2 aromatic heterocycles. The quantitative estimate of drug-likeness (QED) is 0.0236. The number of alkyl halides is 3. The fourth-order valence-electron chi connectivity index (χ4n) is 16.7. The fraction of sp³-hybridized carbons (Fsp3) is 0.720. The van der Waals surface area contributed by atoms with Crippen molar-refractivity contribution in [3.05, 3.63) is 72.0 Å². The molecule has 0 unspecified atom stereocenters. The Bertz CT molecular complexity index is 3230. The summed E-state index contributed by atoms with van der Waals surface area (Å²) in [4.78, 5) is 98.1. The molecule has 24 heteroatoms. The van der Waals surface area contributed by atoms with Gasteiger partial charge >= 0.3 is 36.0 Å². The van der Waals surface area contributed by atoms with Crippen LogP contribution in [0.3, 0.4) is 0 Å². The number of ether oxygens (including phenoxy) is 4. The predicted octanol–water partition coefficient (Wildman–Crippen LogP) is 18.4. The molecule has 10 saturated carbocycles. The first kappa shape index (κ1) is 84.8. The molecule has 19 nitrogen and oxygen atoms in total. The van der Waals surface area contributed by atoms with Gasteiger partial charge < -0.3 is 38.9 Å². The topological polar surface area (TPSA) is 261 Å². The van der Waals surface area contributed by atoms with Crippen molar-refractivity contribution in [3.8, 4) is 11.6 Å². The van der Waals surface area contributed by atoms with Crippen molar-refractivity contribution in [2.45, 2.75) is 259 Å². The van der Waals surface area contributed by atoms with Crippen LogP contribution in [0.15, 0.2) is 49.4 Å². The zero-order chi connectivity index (χ0) is 76.6. The third-order valence-electron chi connectivity index (χ3n) is 23.7. The summed E-state index contributed by atoms with van der Waals surface area (Å²) in [6, 6.07) is 1.91. The van der Waals surface area contributed by atoms with Crippen molar-refractivity contribution < 1.29 is 85.1 Å². The molecule has 10 aliphatic carbocycles. The lowest BCUT2D eigenvalue weighted by atomic mass is 9.79. The zero-order valence-corrected chi connectivity index (χ0v) is 63.8. The molecule has 588 valence electrons. The van der Waals surface area contributed by atoms with E-state index in [-0.39, 0.29) is 88.3 Å². The maximum absolute atomic E-state index is 15.4. The van der Waals surface area contributed by atoms with Crippen LogP contribution in [0.2, 0.25) is 0 Å². The Labute approximate surface area is 628 Å². The van der Waals surface area contributed by atoms with Crippen molar-refractivity contribution >= 4 is 64.6 Å². The van der Waals surface area contributed by atoms with E-state index in [1.165, 1.54) is 107 Å². The second-order valence-electron chi connectivity index (χ2n) is 31.6. The SMILES string of the molecule is C=CC1CCC(C(=O)OCC)CC1.CC(C)N(C(=O)C1CCC(C2CC2)CC1)c1cc(F)c(Oc2ncc(Cn3nccn3)cc2C(F)(F)F)cc1C(=O)O.CCOC(=O)C1CCC(C2CC2)CC1.CCOC(=O)C1CCC(C=O)CC1.O=C(Cl)C1CCC(C2CC2)CC1.O=C(O)C1CCC(C2CC2)CC1. The number of carboxylic acid groups (broad SMARTS) is 2. The Hall–Kier alpha value is -6.78. The van der Waals surface area contributed by atoms with Gasteiger partial charge in [-0.3, -0.25) is 28.8 Å². The van der Waals surface area contributed by atoms with Gasteiger partial charge in [0, 0.05) is 42.1 Å². The van der Waals surface area contributed by atoms with Crippen LogP contribution in [0.1, 0.15) is 262 Å². The van der Waals surface area contributed by atoms with Gasteiger partial charge in [0.2, 0.25) is 17.0 Å². The van der Waals surface area contributed by atoms with Crippen molar-refractivity contribution in [3.63, 3.8) is 0 Å². The fourth-order valence-corrected chi connectivity index (χ4v) is 17.0. The van der Waals surface area contributed by atoms with E-state index in [0.717, 1.165) is 180 Å². The van der Waals surface area contributed by atoms with Crippen LogP contribution >= 0.6 is 11.6 Å². The van der Waals surface area contributed by atoms with E-state index in [9.17, 15) is 56.6 Å². The number of carboxylic acids is 2. The summed E-state index contributed by atoms with van der Waals surface area (Å²) >= 11 is 5.46. The highest BCUT2D eigenvalue weighted by molar-refractivity contribution is 6.64. The lowest BCUT2D eigenvalue weighted by Gasteiger charge is -2.35. The van der Waals surface area contributed by atoms with Crippen LogP contribution < -0.4 is 9.64 Å². The molecule has 0 spiro atoms. The molecule has 1 amide bonds. The number of aromatic nitrogens is 4. The van der Waals surface area contributed by atoms with Crippen molar-refractivity contribution in [1.29, 1.82) is 0 Å². The van der Waals surface area contributed by atoms with Gasteiger partial charge in [0.25, 0.3) is 0 Å². The molecule has 106 heavy (non-hydrogen) atoms. The second-order valence-corrected chi connectivity index (χ2v) is 31.9. The summed E-state index contributed by atoms with van der Waals surface area (Å²) in [5.74, 6) is 2.82. The standard InChI is InChI=1S/C29H31F4N5O4.C12H20O2.C11H18O2.C10H15ClO.C10H16O3.C10H16O2/c1-16(2)38(27(39)20-7-5-19(6-8-20)18-3-4-18)24-13-23(30)25(12-21(24)28(40)41)42-26-22(29(31,32)33)11-17(14-34-26)15-37-35-9-10-36-37;1-2-14-12(13)11-7-5-10(6-8-11)9-3-4-9;1-3-9-5-7-10(8-6-9)11(12)13-4-2;11-10(12)9-5-3-8(4-6-9)7-1-2-7;1-2-13-10(12)9-5-3-8(7-11)4-6-9;11-10(12)9-5-3-8(4-6-9)7-1-2-7/h9-14,16,18-20H,3-8,15H2,1-2H3,(H,40,41);9-11H,2-8H2,1H3;3,9-10H,1,4-8H2,2H3;7-9H,1-6H2;7-9H,2-6H2,1H3;7-9H,1-6H2,(H,11,12). The molecule has 0 saturated heterocycles. The number of pyridine rings is 1. The van der Waals surface area contributed by atoms with Gasteiger partial charge in [-0.05, 0) is 317 Å². The molecule has 0 aliphatic heterocycles. The third kappa shape index (κ3) is 26.5. The summed E-state index contributed by atoms with van der Waals surface area (Å²) in [6.07, 6.45) is 37.0. The maximum atomic E-state index is 15.4. The second kappa shape index (κ2) is 41.7. The average molecular weight is 1510 g/mol. The lowest BCUT2D eigenvalue weighted by molar-refractivity contribution is -0.150. The molecular formula is C82H116ClF4N5O14. The van der Waals surface area contributed by atoms with Crippen LogP contribution in [0.25, 0.3) is 0 Å². The van der Waals surface area contributed by atoms with Gasteiger partial charge in [0.05, 0.1) is 73.7 Å².